The van der Waals surface area contributed by atoms with Crippen LogP contribution in [0.15, 0.2) is 121 Å². The van der Waals surface area contributed by atoms with Crippen molar-refractivity contribution in [2.75, 3.05) is 0 Å². The molecule has 0 aliphatic heterocycles. The van der Waals surface area contributed by atoms with E-state index in [4.69, 9.17) is 0 Å². The predicted octanol–water partition coefficient (Wildman–Crippen LogP) is 10.1. The quantitative estimate of drug-likeness (QED) is 0.210. The highest BCUT2D eigenvalue weighted by Crippen LogP contribution is 2.40. The Morgan fingerprint density at radius 3 is 2.00 bits per heavy atom. The van der Waals surface area contributed by atoms with Crippen molar-refractivity contribution in [1.29, 1.82) is 15.8 Å². The minimum absolute atomic E-state index is 0.465. The lowest BCUT2D eigenvalue weighted by molar-refractivity contribution is 1.19. The minimum Gasteiger partial charge on any atom is -0.309 e. The fraction of sp³-hybridized carbons (Fsp3) is 0. The van der Waals surface area contributed by atoms with Gasteiger partial charge in [-0.2, -0.15) is 15.8 Å². The molecule has 0 fully saturated rings. The summed E-state index contributed by atoms with van der Waals surface area (Å²) in [5.41, 5.74) is 7.90. The fourth-order valence-corrected chi connectivity index (χ4v) is 7.44. The lowest BCUT2D eigenvalue weighted by atomic mass is 9.94. The van der Waals surface area contributed by atoms with Crippen molar-refractivity contribution in [3.8, 4) is 46.1 Å². The molecule has 44 heavy (non-hydrogen) atoms. The van der Waals surface area contributed by atoms with Crippen molar-refractivity contribution >= 4 is 53.3 Å². The van der Waals surface area contributed by atoms with Crippen molar-refractivity contribution < 1.29 is 0 Å². The zero-order valence-corrected chi connectivity index (χ0v) is 24.1. The average molecular weight is 577 g/mol. The SMILES string of the molecule is N#Cc1ccccc1-c1ccc2c(c1)c1ccc(-c3c(C#N)cccc3C#N)cc1n2-c1ccc2sc3ccccc3c2c1. The van der Waals surface area contributed by atoms with Crippen molar-refractivity contribution in [2.45, 2.75) is 0 Å². The molecule has 0 atom stereocenters. The van der Waals surface area contributed by atoms with Crippen LogP contribution in [0.3, 0.4) is 0 Å². The molecule has 5 heteroatoms. The standard InChI is InChI=1S/C39H20N4S/c40-21-26-6-1-2-9-30(26)24-13-16-35-33(18-24)31-15-12-25(39-27(22-41)7-5-8-28(39)23-42)19-36(31)43(35)29-14-17-38-34(20-29)32-10-3-4-11-37(32)44-38/h1-20H. The Balaban J connectivity index is 1.46. The Kier molecular flexibility index (Phi) is 5.78. The van der Waals surface area contributed by atoms with Crippen LogP contribution in [0.1, 0.15) is 16.7 Å². The second-order valence-corrected chi connectivity index (χ2v) is 11.8. The van der Waals surface area contributed by atoms with Gasteiger partial charge in [0.2, 0.25) is 0 Å². The van der Waals surface area contributed by atoms with E-state index in [1.807, 2.05) is 30.3 Å². The van der Waals surface area contributed by atoms with Crippen LogP contribution in [-0.4, -0.2) is 4.57 Å². The first-order valence-corrected chi connectivity index (χ1v) is 14.9. The summed E-state index contributed by atoms with van der Waals surface area (Å²) in [5, 5.41) is 34.2. The molecule has 0 bridgehead atoms. The van der Waals surface area contributed by atoms with Gasteiger partial charge < -0.3 is 4.57 Å². The number of fused-ring (bicyclic) bond motifs is 6. The lowest BCUT2D eigenvalue weighted by Crippen LogP contribution is -1.95. The molecule has 202 valence electrons. The molecule has 4 nitrogen and oxygen atoms in total. The van der Waals surface area contributed by atoms with Gasteiger partial charge in [0.25, 0.3) is 0 Å². The van der Waals surface area contributed by atoms with E-state index in [9.17, 15) is 15.8 Å². The van der Waals surface area contributed by atoms with Gasteiger partial charge in [-0.1, -0.05) is 60.7 Å². The Hall–Kier alpha value is -6.19. The number of hydrogen-bond donors (Lipinski definition) is 0. The highest BCUT2D eigenvalue weighted by molar-refractivity contribution is 7.25. The lowest BCUT2D eigenvalue weighted by Gasteiger charge is -2.11. The van der Waals surface area contributed by atoms with Crippen molar-refractivity contribution in [1.82, 2.24) is 4.57 Å². The number of aromatic nitrogens is 1. The first-order valence-electron chi connectivity index (χ1n) is 14.1. The molecule has 0 saturated heterocycles. The number of nitrogens with zero attached hydrogens (tertiary/aromatic N) is 4. The van der Waals surface area contributed by atoms with Gasteiger partial charge in [-0.15, -0.1) is 11.3 Å². The summed E-state index contributed by atoms with van der Waals surface area (Å²) in [5.74, 6) is 0. The monoisotopic (exact) mass is 576 g/mol. The molecular weight excluding hydrogens is 557 g/mol. The zero-order valence-electron chi connectivity index (χ0n) is 23.2. The molecule has 0 radical (unpaired) electrons. The second kappa shape index (κ2) is 9.97. The summed E-state index contributed by atoms with van der Waals surface area (Å²) in [6, 6.07) is 47.4. The number of rotatable bonds is 3. The van der Waals surface area contributed by atoms with Crippen LogP contribution >= 0.6 is 11.3 Å². The molecule has 0 aliphatic carbocycles. The first kappa shape index (κ1) is 25.5. The molecule has 0 amide bonds. The summed E-state index contributed by atoms with van der Waals surface area (Å²) in [6.07, 6.45) is 0. The molecular formula is C39H20N4S. The predicted molar refractivity (Wildman–Crippen MR) is 179 cm³/mol. The molecule has 0 unspecified atom stereocenters. The Morgan fingerprint density at radius 1 is 0.477 bits per heavy atom. The topological polar surface area (TPSA) is 76.3 Å². The van der Waals surface area contributed by atoms with Gasteiger partial charge in [-0.05, 0) is 77.4 Å². The van der Waals surface area contributed by atoms with Crippen LogP contribution in [0, 0.1) is 34.0 Å². The summed E-state index contributed by atoms with van der Waals surface area (Å²) < 4.78 is 4.75. The van der Waals surface area contributed by atoms with E-state index >= 15 is 0 Å². The molecule has 0 saturated carbocycles. The first-order chi connectivity index (χ1) is 21.7. The van der Waals surface area contributed by atoms with Crippen LogP contribution in [0.2, 0.25) is 0 Å². The van der Waals surface area contributed by atoms with Crippen molar-refractivity contribution in [3.05, 3.63) is 138 Å². The highest BCUT2D eigenvalue weighted by Gasteiger charge is 2.18. The molecule has 6 aromatic carbocycles. The van der Waals surface area contributed by atoms with Gasteiger partial charge in [-0.25, -0.2) is 0 Å². The van der Waals surface area contributed by atoms with E-state index in [-0.39, 0.29) is 0 Å². The summed E-state index contributed by atoms with van der Waals surface area (Å²) in [4.78, 5) is 0. The van der Waals surface area contributed by atoms with E-state index in [0.717, 1.165) is 44.2 Å². The molecule has 2 aromatic heterocycles. The number of thiophene rings is 1. The smallest absolute Gasteiger partial charge is 0.0998 e. The Morgan fingerprint density at radius 2 is 1.18 bits per heavy atom. The normalized spacial score (nSPS) is 11.1. The second-order valence-electron chi connectivity index (χ2n) is 10.7. The van der Waals surface area contributed by atoms with Gasteiger partial charge in [-0.3, -0.25) is 0 Å². The van der Waals surface area contributed by atoms with Crippen LogP contribution < -0.4 is 0 Å². The van der Waals surface area contributed by atoms with Gasteiger partial charge in [0.05, 0.1) is 45.9 Å². The van der Waals surface area contributed by atoms with Crippen LogP contribution in [0.25, 0.3) is 69.9 Å². The largest absolute Gasteiger partial charge is 0.309 e. The molecule has 0 spiro atoms. The fourth-order valence-electron chi connectivity index (χ4n) is 6.36. The summed E-state index contributed by atoms with van der Waals surface area (Å²) in [6.45, 7) is 0. The van der Waals surface area contributed by atoms with Gasteiger partial charge in [0.15, 0.2) is 0 Å². The van der Waals surface area contributed by atoms with E-state index in [2.05, 4.69) is 95.6 Å². The van der Waals surface area contributed by atoms with E-state index in [1.54, 1.807) is 29.5 Å². The molecule has 0 N–H and O–H groups in total. The highest BCUT2D eigenvalue weighted by atomic mass is 32.1. The van der Waals surface area contributed by atoms with Crippen LogP contribution in [0.4, 0.5) is 0 Å². The average Bonchev–Trinajstić information content (AvgIpc) is 3.62. The minimum atomic E-state index is 0.465. The summed E-state index contributed by atoms with van der Waals surface area (Å²) in [7, 11) is 0. The van der Waals surface area contributed by atoms with Crippen LogP contribution in [0.5, 0.6) is 0 Å². The zero-order chi connectivity index (χ0) is 29.8. The van der Waals surface area contributed by atoms with Gasteiger partial charge >= 0.3 is 0 Å². The third-order valence-electron chi connectivity index (χ3n) is 8.34. The number of hydrogen-bond acceptors (Lipinski definition) is 4. The molecule has 2 heterocycles. The molecule has 8 rings (SSSR count). The molecule has 8 aromatic rings. The maximum atomic E-state index is 9.92. The molecule has 0 aliphatic rings. The number of nitriles is 3. The Labute approximate surface area is 257 Å². The number of benzene rings is 6. The van der Waals surface area contributed by atoms with E-state index in [1.165, 1.54) is 20.2 Å². The van der Waals surface area contributed by atoms with E-state index in [0.29, 0.717) is 22.3 Å². The Bertz CT molecular complexity index is 2570. The maximum absolute atomic E-state index is 9.92. The third kappa shape index (κ3) is 3.80. The van der Waals surface area contributed by atoms with Gasteiger partial charge in [0.1, 0.15) is 0 Å². The third-order valence-corrected chi connectivity index (χ3v) is 9.49. The van der Waals surface area contributed by atoms with Crippen molar-refractivity contribution in [3.63, 3.8) is 0 Å². The summed E-state index contributed by atoms with van der Waals surface area (Å²) >= 11 is 1.79. The maximum Gasteiger partial charge on any atom is 0.0998 e. The van der Waals surface area contributed by atoms with Gasteiger partial charge in [0, 0.05) is 42.2 Å². The van der Waals surface area contributed by atoms with Crippen LogP contribution in [-0.2, 0) is 0 Å². The van der Waals surface area contributed by atoms with Crippen molar-refractivity contribution in [2.24, 2.45) is 0 Å². The van der Waals surface area contributed by atoms with E-state index < -0.39 is 0 Å².